The zero-order chi connectivity index (χ0) is 17.1. The third-order valence-electron chi connectivity index (χ3n) is 4.15. The Hall–Kier alpha value is -2.62. The molecule has 1 N–H and O–H groups in total. The summed E-state index contributed by atoms with van der Waals surface area (Å²) in [4.78, 5) is 26.9. The minimum absolute atomic E-state index is 0.0543. The van der Waals surface area contributed by atoms with Crippen LogP contribution in [0.15, 0.2) is 48.5 Å². The molecule has 4 heteroatoms. The van der Waals surface area contributed by atoms with E-state index in [2.05, 4.69) is 11.4 Å². The first-order valence-electron chi connectivity index (χ1n) is 8.37. The maximum Gasteiger partial charge on any atom is 0.258 e. The van der Waals surface area contributed by atoms with Crippen LogP contribution >= 0.6 is 0 Å². The number of nitrogens with one attached hydrogen (secondary N) is 1. The van der Waals surface area contributed by atoms with E-state index in [0.717, 1.165) is 18.5 Å². The third kappa shape index (κ3) is 3.32. The highest BCUT2D eigenvalue weighted by Gasteiger charge is 2.23. The summed E-state index contributed by atoms with van der Waals surface area (Å²) in [5.41, 5.74) is 3.24. The maximum atomic E-state index is 13.0. The van der Waals surface area contributed by atoms with Gasteiger partial charge in [-0.25, -0.2) is 0 Å². The van der Waals surface area contributed by atoms with Gasteiger partial charge in [-0.2, -0.15) is 0 Å². The monoisotopic (exact) mass is 322 g/mol. The molecule has 24 heavy (non-hydrogen) atoms. The minimum Gasteiger partial charge on any atom is -0.350 e. The number of para-hydroxylation sites is 1. The van der Waals surface area contributed by atoms with Crippen molar-refractivity contribution in [2.45, 2.75) is 32.7 Å². The molecular formula is C20H22N2O2. The van der Waals surface area contributed by atoms with Crippen LogP contribution in [0.2, 0.25) is 0 Å². The number of carbonyl (C=O) groups excluding carboxylic acids is 2. The van der Waals surface area contributed by atoms with Gasteiger partial charge in [-0.1, -0.05) is 24.3 Å². The van der Waals surface area contributed by atoms with Crippen LogP contribution in [-0.4, -0.2) is 24.4 Å². The fraction of sp³-hybridized carbons (Fsp3) is 0.300. The lowest BCUT2D eigenvalue weighted by molar-refractivity contribution is 0.0943. The van der Waals surface area contributed by atoms with Gasteiger partial charge in [-0.15, -0.1) is 0 Å². The molecular weight excluding hydrogens is 300 g/mol. The number of anilines is 1. The lowest BCUT2D eigenvalue weighted by Crippen LogP contribution is -2.35. The molecule has 0 unspecified atom stereocenters. The number of carbonyl (C=O) groups is 2. The molecule has 0 aliphatic carbocycles. The molecule has 1 heterocycles. The molecule has 1 aliphatic heterocycles. The molecule has 4 nitrogen and oxygen atoms in total. The second-order valence-electron chi connectivity index (χ2n) is 6.40. The molecule has 0 fully saturated rings. The zero-order valence-electron chi connectivity index (χ0n) is 14.1. The third-order valence-corrected chi connectivity index (χ3v) is 4.15. The second kappa shape index (κ2) is 6.87. The summed E-state index contributed by atoms with van der Waals surface area (Å²) in [7, 11) is 0. The Labute approximate surface area is 142 Å². The number of hydrogen-bond acceptors (Lipinski definition) is 2. The van der Waals surface area contributed by atoms with Gasteiger partial charge in [0.1, 0.15) is 0 Å². The van der Waals surface area contributed by atoms with Gasteiger partial charge in [0.25, 0.3) is 11.8 Å². The molecule has 0 atom stereocenters. The zero-order valence-corrected chi connectivity index (χ0v) is 14.1. The first-order chi connectivity index (χ1) is 11.6. The highest BCUT2D eigenvalue weighted by molar-refractivity contribution is 6.08. The van der Waals surface area contributed by atoms with E-state index >= 15 is 0 Å². The van der Waals surface area contributed by atoms with Crippen molar-refractivity contribution in [2.24, 2.45) is 0 Å². The van der Waals surface area contributed by atoms with Crippen molar-refractivity contribution in [3.63, 3.8) is 0 Å². The Morgan fingerprint density at radius 2 is 1.79 bits per heavy atom. The number of amides is 2. The van der Waals surface area contributed by atoms with Crippen LogP contribution in [0.1, 0.15) is 46.5 Å². The molecule has 0 spiro atoms. The van der Waals surface area contributed by atoms with Gasteiger partial charge in [0.15, 0.2) is 0 Å². The summed E-state index contributed by atoms with van der Waals surface area (Å²) in [6.45, 7) is 4.54. The first-order valence-corrected chi connectivity index (χ1v) is 8.37. The lowest BCUT2D eigenvalue weighted by Gasteiger charge is -2.29. The summed E-state index contributed by atoms with van der Waals surface area (Å²) < 4.78 is 0. The van der Waals surface area contributed by atoms with Crippen molar-refractivity contribution in [3.8, 4) is 0 Å². The molecule has 3 rings (SSSR count). The number of nitrogens with zero attached hydrogens (tertiary/aromatic N) is 1. The van der Waals surface area contributed by atoms with Gasteiger partial charge in [0.05, 0.1) is 0 Å². The molecule has 0 bridgehead atoms. The summed E-state index contributed by atoms with van der Waals surface area (Å²) in [6.07, 6.45) is 1.95. The predicted octanol–water partition coefficient (Wildman–Crippen LogP) is 3.42. The van der Waals surface area contributed by atoms with Crippen LogP contribution in [0, 0.1) is 0 Å². The topological polar surface area (TPSA) is 49.4 Å². The van der Waals surface area contributed by atoms with E-state index in [4.69, 9.17) is 0 Å². The fourth-order valence-electron chi connectivity index (χ4n) is 3.04. The lowest BCUT2D eigenvalue weighted by atomic mass is 10.0. The number of benzene rings is 2. The second-order valence-corrected chi connectivity index (χ2v) is 6.40. The largest absolute Gasteiger partial charge is 0.350 e. The number of rotatable bonds is 3. The van der Waals surface area contributed by atoms with Crippen LogP contribution in [0.5, 0.6) is 0 Å². The molecule has 0 radical (unpaired) electrons. The van der Waals surface area contributed by atoms with Crippen LogP contribution < -0.4 is 10.2 Å². The van der Waals surface area contributed by atoms with E-state index < -0.39 is 0 Å². The Morgan fingerprint density at radius 3 is 2.58 bits per heavy atom. The number of fused-ring (bicyclic) bond motifs is 1. The Bertz CT molecular complexity index is 768. The molecule has 2 amide bonds. The van der Waals surface area contributed by atoms with Gasteiger partial charge in [-0.05, 0) is 56.5 Å². The van der Waals surface area contributed by atoms with E-state index in [1.807, 2.05) is 36.9 Å². The standard InChI is InChI=1S/C20H22N2O2/c1-14(2)21-19(23)16-8-5-9-17(13-16)20(24)22-12-6-10-15-7-3-4-11-18(15)22/h3-5,7-9,11,13-14H,6,10,12H2,1-2H3,(H,21,23). The van der Waals surface area contributed by atoms with Crippen LogP contribution in [0.3, 0.4) is 0 Å². The normalized spacial score (nSPS) is 13.5. The summed E-state index contributed by atoms with van der Waals surface area (Å²) >= 11 is 0. The first kappa shape index (κ1) is 16.2. The minimum atomic E-state index is -0.154. The molecule has 0 aromatic heterocycles. The van der Waals surface area contributed by atoms with Crippen molar-refractivity contribution in [1.82, 2.24) is 5.32 Å². The van der Waals surface area contributed by atoms with Crippen LogP contribution in [-0.2, 0) is 6.42 Å². The van der Waals surface area contributed by atoms with Crippen molar-refractivity contribution in [3.05, 3.63) is 65.2 Å². The molecule has 0 saturated carbocycles. The molecule has 2 aromatic rings. The summed E-state index contributed by atoms with van der Waals surface area (Å²) in [5.74, 6) is -0.208. The maximum absolute atomic E-state index is 13.0. The quantitative estimate of drug-likeness (QED) is 0.941. The Kier molecular flexibility index (Phi) is 4.65. The molecule has 2 aromatic carbocycles. The number of hydrogen-bond donors (Lipinski definition) is 1. The fourth-order valence-corrected chi connectivity index (χ4v) is 3.04. The van der Waals surface area contributed by atoms with Gasteiger partial charge >= 0.3 is 0 Å². The van der Waals surface area contributed by atoms with E-state index in [-0.39, 0.29) is 17.9 Å². The highest BCUT2D eigenvalue weighted by Crippen LogP contribution is 2.28. The van der Waals surface area contributed by atoms with E-state index in [1.165, 1.54) is 5.56 Å². The summed E-state index contributed by atoms with van der Waals surface area (Å²) in [6, 6.07) is 15.0. The van der Waals surface area contributed by atoms with Crippen molar-refractivity contribution in [1.29, 1.82) is 0 Å². The molecule has 0 saturated heterocycles. The van der Waals surface area contributed by atoms with Gasteiger partial charge in [0, 0.05) is 29.4 Å². The van der Waals surface area contributed by atoms with Crippen LogP contribution in [0.25, 0.3) is 0 Å². The average molecular weight is 322 g/mol. The Balaban J connectivity index is 1.88. The SMILES string of the molecule is CC(C)NC(=O)c1cccc(C(=O)N2CCCc3ccccc32)c1. The predicted molar refractivity (Wildman–Crippen MR) is 95.5 cm³/mol. The van der Waals surface area contributed by atoms with Crippen LogP contribution in [0.4, 0.5) is 5.69 Å². The Morgan fingerprint density at radius 1 is 1.04 bits per heavy atom. The summed E-state index contributed by atoms with van der Waals surface area (Å²) in [5, 5.41) is 2.86. The van der Waals surface area contributed by atoms with E-state index in [0.29, 0.717) is 17.7 Å². The van der Waals surface area contributed by atoms with Gasteiger partial charge in [0.2, 0.25) is 0 Å². The van der Waals surface area contributed by atoms with Crippen molar-refractivity contribution >= 4 is 17.5 Å². The van der Waals surface area contributed by atoms with E-state index in [1.54, 1.807) is 24.3 Å². The van der Waals surface area contributed by atoms with Crippen molar-refractivity contribution < 1.29 is 9.59 Å². The van der Waals surface area contributed by atoms with Gasteiger partial charge < -0.3 is 10.2 Å². The average Bonchev–Trinajstić information content (AvgIpc) is 2.60. The molecule has 124 valence electrons. The van der Waals surface area contributed by atoms with Crippen molar-refractivity contribution in [2.75, 3.05) is 11.4 Å². The highest BCUT2D eigenvalue weighted by atomic mass is 16.2. The van der Waals surface area contributed by atoms with E-state index in [9.17, 15) is 9.59 Å². The smallest absolute Gasteiger partial charge is 0.258 e. The molecule has 1 aliphatic rings. The number of aryl methyl sites for hydroxylation is 1. The van der Waals surface area contributed by atoms with Gasteiger partial charge in [-0.3, -0.25) is 9.59 Å².